The van der Waals surface area contributed by atoms with E-state index in [1.54, 1.807) is 17.2 Å². The highest BCUT2D eigenvalue weighted by molar-refractivity contribution is 5.95. The number of amides is 3. The quantitative estimate of drug-likeness (QED) is 0.734. The van der Waals surface area contributed by atoms with Gasteiger partial charge in [-0.15, -0.1) is 0 Å². The minimum atomic E-state index is -0.531. The summed E-state index contributed by atoms with van der Waals surface area (Å²) in [6, 6.07) is 3.71. The first-order valence-electron chi connectivity index (χ1n) is 10.5. The van der Waals surface area contributed by atoms with Crippen molar-refractivity contribution in [1.82, 2.24) is 25.0 Å². The minimum absolute atomic E-state index is 0.0376. The number of anilines is 1. The SMILES string of the molecule is CC(C)n1nc(C(N)=O)c2c1CCN(c1ccc(C(=O)N3CCNC(=O)CC3)cn1)C2. The first-order valence-corrected chi connectivity index (χ1v) is 10.5. The van der Waals surface area contributed by atoms with Crippen molar-refractivity contribution in [2.45, 2.75) is 39.3 Å². The standard InChI is InChI=1S/C21H27N7O3/c1-13(2)28-16-5-8-27(12-15(16)19(25-28)20(22)30)17-4-3-14(11-24-17)21(31)26-9-6-18(29)23-7-10-26/h3-4,11,13H,5-10,12H2,1-2H3,(H2,22,30)(H,23,29). The molecule has 0 unspecified atom stereocenters. The van der Waals surface area contributed by atoms with Crippen LogP contribution in [0.5, 0.6) is 0 Å². The second-order valence-electron chi connectivity index (χ2n) is 8.15. The zero-order chi connectivity index (χ0) is 22.1. The highest BCUT2D eigenvalue weighted by Crippen LogP contribution is 2.27. The van der Waals surface area contributed by atoms with Crippen molar-refractivity contribution in [2.24, 2.45) is 5.73 Å². The zero-order valence-electron chi connectivity index (χ0n) is 17.8. The Balaban J connectivity index is 1.51. The Labute approximate surface area is 180 Å². The normalized spacial score (nSPS) is 16.7. The van der Waals surface area contributed by atoms with Crippen LogP contribution in [-0.2, 0) is 17.8 Å². The summed E-state index contributed by atoms with van der Waals surface area (Å²) in [5, 5.41) is 7.20. The zero-order valence-corrected chi connectivity index (χ0v) is 17.8. The topological polar surface area (TPSA) is 126 Å². The Morgan fingerprint density at radius 1 is 1.16 bits per heavy atom. The van der Waals surface area contributed by atoms with E-state index >= 15 is 0 Å². The first-order chi connectivity index (χ1) is 14.8. The third-order valence-corrected chi connectivity index (χ3v) is 5.73. The van der Waals surface area contributed by atoms with Crippen molar-refractivity contribution in [3.8, 4) is 0 Å². The number of nitrogens with zero attached hydrogens (tertiary/aromatic N) is 5. The molecule has 2 aliphatic rings. The molecule has 2 aliphatic heterocycles. The van der Waals surface area contributed by atoms with E-state index in [1.807, 2.05) is 24.6 Å². The Bertz CT molecular complexity index is 1010. The fourth-order valence-electron chi connectivity index (χ4n) is 4.12. The predicted octanol–water partition coefficient (Wildman–Crippen LogP) is 0.483. The van der Waals surface area contributed by atoms with E-state index < -0.39 is 5.91 Å². The van der Waals surface area contributed by atoms with Gasteiger partial charge in [-0.3, -0.25) is 19.1 Å². The third-order valence-electron chi connectivity index (χ3n) is 5.73. The highest BCUT2D eigenvalue weighted by Gasteiger charge is 2.29. The van der Waals surface area contributed by atoms with Gasteiger partial charge in [0.2, 0.25) is 5.91 Å². The lowest BCUT2D eigenvalue weighted by molar-refractivity contribution is -0.120. The lowest BCUT2D eigenvalue weighted by atomic mass is 10.0. The van der Waals surface area contributed by atoms with E-state index in [9.17, 15) is 14.4 Å². The molecule has 3 N–H and O–H groups in total. The van der Waals surface area contributed by atoms with E-state index in [1.165, 1.54) is 0 Å². The van der Waals surface area contributed by atoms with Gasteiger partial charge >= 0.3 is 0 Å². The number of nitrogens with one attached hydrogen (secondary N) is 1. The summed E-state index contributed by atoms with van der Waals surface area (Å²) < 4.78 is 1.88. The molecule has 1 saturated heterocycles. The van der Waals surface area contributed by atoms with E-state index in [4.69, 9.17) is 5.73 Å². The maximum atomic E-state index is 12.8. The molecule has 10 heteroatoms. The fraction of sp³-hybridized carbons (Fsp3) is 0.476. The van der Waals surface area contributed by atoms with Crippen molar-refractivity contribution < 1.29 is 14.4 Å². The molecule has 0 spiro atoms. The van der Waals surface area contributed by atoms with Crippen molar-refractivity contribution in [2.75, 3.05) is 31.1 Å². The average molecular weight is 425 g/mol. The van der Waals surface area contributed by atoms with Gasteiger partial charge in [-0.05, 0) is 26.0 Å². The van der Waals surface area contributed by atoms with Crippen LogP contribution in [0, 0.1) is 0 Å². The number of carbonyl (C=O) groups is 3. The van der Waals surface area contributed by atoms with E-state index in [2.05, 4.69) is 20.3 Å². The fourth-order valence-corrected chi connectivity index (χ4v) is 4.12. The molecule has 31 heavy (non-hydrogen) atoms. The number of rotatable bonds is 4. The summed E-state index contributed by atoms with van der Waals surface area (Å²) in [5.74, 6) is 0.0227. The van der Waals surface area contributed by atoms with Crippen LogP contribution < -0.4 is 16.0 Å². The second-order valence-corrected chi connectivity index (χ2v) is 8.15. The van der Waals surface area contributed by atoms with E-state index in [0.717, 1.165) is 30.0 Å². The molecule has 0 aromatic carbocycles. The molecule has 164 valence electrons. The highest BCUT2D eigenvalue weighted by atomic mass is 16.2. The summed E-state index contributed by atoms with van der Waals surface area (Å²) >= 11 is 0. The van der Waals surface area contributed by atoms with Crippen molar-refractivity contribution in [3.05, 3.63) is 40.8 Å². The van der Waals surface area contributed by atoms with Crippen molar-refractivity contribution in [3.63, 3.8) is 0 Å². The van der Waals surface area contributed by atoms with E-state index in [-0.39, 0.29) is 17.9 Å². The molecular weight excluding hydrogens is 398 g/mol. The largest absolute Gasteiger partial charge is 0.364 e. The lowest BCUT2D eigenvalue weighted by Crippen LogP contribution is -2.35. The second kappa shape index (κ2) is 8.37. The van der Waals surface area contributed by atoms with Gasteiger partial charge in [0, 0.05) is 69.1 Å². The molecule has 4 heterocycles. The van der Waals surface area contributed by atoms with Crippen LogP contribution >= 0.6 is 0 Å². The van der Waals surface area contributed by atoms with Crippen LogP contribution in [0.1, 0.15) is 58.4 Å². The molecule has 2 aromatic rings. The lowest BCUT2D eigenvalue weighted by Gasteiger charge is -2.29. The molecule has 0 radical (unpaired) electrons. The number of nitrogens with two attached hydrogens (primary N) is 1. The maximum absolute atomic E-state index is 12.8. The first kappa shape index (κ1) is 20.8. The average Bonchev–Trinajstić information content (AvgIpc) is 3.02. The van der Waals surface area contributed by atoms with E-state index in [0.29, 0.717) is 43.9 Å². The van der Waals surface area contributed by atoms with Gasteiger partial charge in [0.1, 0.15) is 5.82 Å². The monoisotopic (exact) mass is 425 g/mol. The number of carbonyl (C=O) groups excluding carboxylic acids is 3. The molecular formula is C21H27N7O3. The number of fused-ring (bicyclic) bond motifs is 1. The molecule has 4 rings (SSSR count). The molecule has 1 fully saturated rings. The Kier molecular flexibility index (Phi) is 5.62. The van der Waals surface area contributed by atoms with Crippen LogP contribution in [0.3, 0.4) is 0 Å². The Morgan fingerprint density at radius 3 is 2.65 bits per heavy atom. The van der Waals surface area contributed by atoms with Gasteiger partial charge in [0.15, 0.2) is 5.69 Å². The van der Waals surface area contributed by atoms with Crippen LogP contribution in [0.15, 0.2) is 18.3 Å². The van der Waals surface area contributed by atoms with Gasteiger partial charge in [-0.25, -0.2) is 4.98 Å². The van der Waals surface area contributed by atoms with Crippen LogP contribution in [0.4, 0.5) is 5.82 Å². The van der Waals surface area contributed by atoms with Crippen LogP contribution in [-0.4, -0.2) is 63.6 Å². The smallest absolute Gasteiger partial charge is 0.269 e. The molecule has 0 bridgehead atoms. The van der Waals surface area contributed by atoms with Crippen LogP contribution in [0.25, 0.3) is 0 Å². The number of hydrogen-bond donors (Lipinski definition) is 2. The van der Waals surface area contributed by atoms with Gasteiger partial charge in [0.25, 0.3) is 11.8 Å². The summed E-state index contributed by atoms with van der Waals surface area (Å²) in [7, 11) is 0. The third kappa shape index (κ3) is 4.10. The van der Waals surface area contributed by atoms with Gasteiger partial charge in [0.05, 0.1) is 5.56 Å². The summed E-state index contributed by atoms with van der Waals surface area (Å²) in [4.78, 5) is 44.4. The van der Waals surface area contributed by atoms with Crippen molar-refractivity contribution in [1.29, 1.82) is 0 Å². The Hall–Kier alpha value is -3.43. The molecule has 3 amide bonds. The summed E-state index contributed by atoms with van der Waals surface area (Å²) in [6.07, 6.45) is 2.60. The molecule has 0 atom stereocenters. The number of pyridine rings is 1. The molecule has 10 nitrogen and oxygen atoms in total. The molecule has 0 aliphatic carbocycles. The maximum Gasteiger partial charge on any atom is 0.269 e. The van der Waals surface area contributed by atoms with Gasteiger partial charge in [-0.1, -0.05) is 0 Å². The minimum Gasteiger partial charge on any atom is -0.364 e. The number of primary amides is 1. The summed E-state index contributed by atoms with van der Waals surface area (Å²) in [5.41, 5.74) is 8.24. The molecule has 2 aromatic heterocycles. The molecule has 0 saturated carbocycles. The van der Waals surface area contributed by atoms with Gasteiger partial charge < -0.3 is 20.9 Å². The predicted molar refractivity (Wildman–Crippen MR) is 114 cm³/mol. The van der Waals surface area contributed by atoms with Gasteiger partial charge in [-0.2, -0.15) is 5.10 Å². The number of hydrogen-bond acceptors (Lipinski definition) is 6. The van der Waals surface area contributed by atoms with Crippen molar-refractivity contribution >= 4 is 23.5 Å². The summed E-state index contributed by atoms with van der Waals surface area (Å²) in [6.45, 7) is 6.60. The van der Waals surface area contributed by atoms with Crippen LogP contribution in [0.2, 0.25) is 0 Å². The Morgan fingerprint density at radius 2 is 1.97 bits per heavy atom. The number of aromatic nitrogens is 3.